The van der Waals surface area contributed by atoms with Crippen LogP contribution in [0.4, 0.5) is 13.2 Å². The first kappa shape index (κ1) is 11.5. The fourth-order valence-electron chi connectivity index (χ4n) is 1.03. The number of halogens is 3. The van der Waals surface area contributed by atoms with Gasteiger partial charge in [0.25, 0.3) is 0 Å². The van der Waals surface area contributed by atoms with Gasteiger partial charge in [0.2, 0.25) is 5.88 Å². The van der Waals surface area contributed by atoms with Crippen molar-refractivity contribution in [2.45, 2.75) is 12.7 Å². The maximum absolute atomic E-state index is 12.4. The van der Waals surface area contributed by atoms with Crippen LogP contribution in [0, 0.1) is 0 Å². The van der Waals surface area contributed by atoms with Crippen LogP contribution in [0.1, 0.15) is 11.3 Å². The Morgan fingerprint density at radius 3 is 2.60 bits per heavy atom. The number of ether oxygens (including phenoxy) is 1. The number of nitrogens with zero attached hydrogens (tertiary/aromatic N) is 2. The van der Waals surface area contributed by atoms with E-state index in [1.54, 1.807) is 0 Å². The predicted octanol–water partition coefficient (Wildman–Crippen LogP) is 2.31. The lowest BCUT2D eigenvalue weighted by atomic mass is 10.2. The zero-order valence-electron chi connectivity index (χ0n) is 8.01. The normalized spacial score (nSPS) is 11.2. The molecule has 0 amide bonds. The molecule has 6 heteroatoms. The van der Waals surface area contributed by atoms with E-state index in [-0.39, 0.29) is 12.4 Å². The van der Waals surface area contributed by atoms with Gasteiger partial charge in [-0.05, 0) is 18.3 Å². The van der Waals surface area contributed by atoms with Crippen molar-refractivity contribution in [2.75, 3.05) is 7.11 Å². The zero-order chi connectivity index (χ0) is 11.5. The van der Waals surface area contributed by atoms with Crippen LogP contribution in [0.2, 0.25) is 0 Å². The first-order chi connectivity index (χ1) is 6.97. The second kappa shape index (κ2) is 4.29. The fourth-order valence-corrected chi connectivity index (χ4v) is 1.03. The van der Waals surface area contributed by atoms with E-state index >= 15 is 0 Å². The van der Waals surface area contributed by atoms with Crippen LogP contribution in [0.25, 0.3) is 0 Å². The van der Waals surface area contributed by atoms with Crippen molar-refractivity contribution in [1.29, 1.82) is 0 Å². The highest BCUT2D eigenvalue weighted by Crippen LogP contribution is 2.30. The van der Waals surface area contributed by atoms with Crippen LogP contribution in [0.5, 0.6) is 5.88 Å². The molecule has 0 bridgehead atoms. The summed E-state index contributed by atoms with van der Waals surface area (Å²) in [4.78, 5) is 6.80. The van der Waals surface area contributed by atoms with E-state index in [1.807, 2.05) is 0 Å². The highest BCUT2D eigenvalue weighted by molar-refractivity contribution is 5.29. The third-order valence-electron chi connectivity index (χ3n) is 1.66. The summed E-state index contributed by atoms with van der Waals surface area (Å²) in [5.41, 5.74) is -0.621. The van der Waals surface area contributed by atoms with E-state index < -0.39 is 11.9 Å². The van der Waals surface area contributed by atoms with Gasteiger partial charge < -0.3 is 4.74 Å². The summed E-state index contributed by atoms with van der Waals surface area (Å²) in [6, 6.07) is 2.32. The molecule has 1 rings (SSSR count). The summed E-state index contributed by atoms with van der Waals surface area (Å²) < 4.78 is 41.7. The maximum atomic E-state index is 12.4. The lowest BCUT2D eigenvalue weighted by Crippen LogP contribution is -2.09. The molecule has 82 valence electrons. The van der Waals surface area contributed by atoms with Gasteiger partial charge in [0, 0.05) is 6.07 Å². The maximum Gasteiger partial charge on any atom is 0.433 e. The number of pyridine rings is 1. The molecule has 0 radical (unpaired) electrons. The third kappa shape index (κ3) is 2.93. The Kier molecular flexibility index (Phi) is 3.28. The van der Waals surface area contributed by atoms with Gasteiger partial charge in [-0.15, -0.1) is 0 Å². The summed E-state index contributed by atoms with van der Waals surface area (Å²) in [6.07, 6.45) is -4.48. The molecule has 0 aliphatic rings. The van der Waals surface area contributed by atoms with E-state index in [0.717, 1.165) is 6.07 Å². The van der Waals surface area contributed by atoms with Crippen molar-refractivity contribution in [2.24, 2.45) is 4.99 Å². The molecular formula is C9H9F3N2O. The van der Waals surface area contributed by atoms with Crippen molar-refractivity contribution in [3.05, 3.63) is 23.4 Å². The van der Waals surface area contributed by atoms with Crippen LogP contribution in [0.15, 0.2) is 17.1 Å². The van der Waals surface area contributed by atoms with Crippen molar-refractivity contribution >= 4 is 6.72 Å². The van der Waals surface area contributed by atoms with E-state index in [4.69, 9.17) is 0 Å². The summed E-state index contributed by atoms with van der Waals surface area (Å²) in [7, 11) is 1.26. The average Bonchev–Trinajstić information content (AvgIpc) is 2.16. The van der Waals surface area contributed by atoms with E-state index in [1.165, 1.54) is 13.2 Å². The first-order valence-corrected chi connectivity index (χ1v) is 4.02. The summed E-state index contributed by atoms with van der Waals surface area (Å²) in [6.45, 7) is 3.31. The molecule has 1 aromatic rings. The topological polar surface area (TPSA) is 34.5 Å². The Bertz CT molecular complexity index is 363. The SMILES string of the molecule is C=NCc1cc(OC)nc(C(F)(F)F)c1. The number of methoxy groups -OCH3 is 1. The molecule has 0 spiro atoms. The molecule has 0 fully saturated rings. The number of hydrogen-bond donors (Lipinski definition) is 0. The first-order valence-electron chi connectivity index (χ1n) is 4.02. The Hall–Kier alpha value is -1.59. The van der Waals surface area contributed by atoms with Crippen molar-refractivity contribution in [1.82, 2.24) is 4.98 Å². The molecular weight excluding hydrogens is 209 g/mol. The molecule has 3 nitrogen and oxygen atoms in total. The van der Waals surface area contributed by atoms with Gasteiger partial charge >= 0.3 is 6.18 Å². The average molecular weight is 218 g/mol. The molecule has 0 aliphatic heterocycles. The Morgan fingerprint density at radius 1 is 1.47 bits per heavy atom. The number of aliphatic imine (C=N–C) groups is 1. The molecule has 15 heavy (non-hydrogen) atoms. The smallest absolute Gasteiger partial charge is 0.433 e. The minimum Gasteiger partial charge on any atom is -0.481 e. The molecule has 0 saturated carbocycles. The van der Waals surface area contributed by atoms with Gasteiger partial charge in [-0.1, -0.05) is 0 Å². The summed E-state index contributed by atoms with van der Waals surface area (Å²) in [5, 5.41) is 0. The fraction of sp³-hybridized carbons (Fsp3) is 0.333. The molecule has 0 aromatic carbocycles. The molecule has 0 aliphatic carbocycles. The molecule has 1 heterocycles. The van der Waals surface area contributed by atoms with Crippen LogP contribution >= 0.6 is 0 Å². The highest BCUT2D eigenvalue weighted by atomic mass is 19.4. The van der Waals surface area contributed by atoms with Crippen LogP contribution < -0.4 is 4.74 Å². The van der Waals surface area contributed by atoms with E-state index in [0.29, 0.717) is 5.56 Å². The summed E-state index contributed by atoms with van der Waals surface area (Å²) >= 11 is 0. The number of alkyl halides is 3. The molecule has 0 saturated heterocycles. The lowest BCUT2D eigenvalue weighted by molar-refractivity contribution is -0.141. The minimum absolute atomic E-state index is 0.0801. The Balaban J connectivity index is 3.17. The van der Waals surface area contributed by atoms with Crippen LogP contribution in [-0.2, 0) is 12.7 Å². The van der Waals surface area contributed by atoms with Gasteiger partial charge in [-0.2, -0.15) is 13.2 Å². The second-order valence-electron chi connectivity index (χ2n) is 2.78. The van der Waals surface area contributed by atoms with Crippen LogP contribution in [-0.4, -0.2) is 18.8 Å². The largest absolute Gasteiger partial charge is 0.481 e. The molecule has 0 N–H and O–H groups in total. The Morgan fingerprint density at radius 2 is 2.13 bits per heavy atom. The zero-order valence-corrected chi connectivity index (χ0v) is 8.01. The second-order valence-corrected chi connectivity index (χ2v) is 2.78. The van der Waals surface area contributed by atoms with Gasteiger partial charge in [0.05, 0.1) is 13.7 Å². The van der Waals surface area contributed by atoms with E-state index in [2.05, 4.69) is 21.4 Å². The predicted molar refractivity (Wildman–Crippen MR) is 49.0 cm³/mol. The third-order valence-corrected chi connectivity index (χ3v) is 1.66. The molecule has 1 aromatic heterocycles. The molecule has 0 atom stereocenters. The van der Waals surface area contributed by atoms with Gasteiger partial charge in [0.1, 0.15) is 5.69 Å². The van der Waals surface area contributed by atoms with Crippen molar-refractivity contribution in [3.63, 3.8) is 0 Å². The van der Waals surface area contributed by atoms with Gasteiger partial charge in [0.15, 0.2) is 0 Å². The Labute approximate surface area is 84.6 Å². The van der Waals surface area contributed by atoms with Crippen molar-refractivity contribution in [3.8, 4) is 5.88 Å². The van der Waals surface area contributed by atoms with E-state index in [9.17, 15) is 13.2 Å². The van der Waals surface area contributed by atoms with Crippen molar-refractivity contribution < 1.29 is 17.9 Å². The highest BCUT2D eigenvalue weighted by Gasteiger charge is 2.33. The number of hydrogen-bond acceptors (Lipinski definition) is 3. The van der Waals surface area contributed by atoms with Gasteiger partial charge in [-0.25, -0.2) is 4.98 Å². The number of rotatable bonds is 3. The number of aromatic nitrogens is 1. The minimum atomic E-state index is -4.48. The molecule has 0 unspecified atom stereocenters. The monoisotopic (exact) mass is 218 g/mol. The van der Waals surface area contributed by atoms with Gasteiger partial charge in [-0.3, -0.25) is 4.99 Å². The lowest BCUT2D eigenvalue weighted by Gasteiger charge is -2.09. The van der Waals surface area contributed by atoms with Crippen LogP contribution in [0.3, 0.4) is 0 Å². The summed E-state index contributed by atoms with van der Waals surface area (Å²) in [5.74, 6) is -0.0801. The quantitative estimate of drug-likeness (QED) is 0.729. The standard InChI is InChI=1S/C9H9F3N2O/c1-13-5-6-3-7(9(10,11)12)14-8(4-6)15-2/h3-4H,1,5H2,2H3.